The summed E-state index contributed by atoms with van der Waals surface area (Å²) in [6.45, 7) is 5.21. The minimum absolute atomic E-state index is 0.0243. The van der Waals surface area contributed by atoms with Gasteiger partial charge < -0.3 is 15.7 Å². The van der Waals surface area contributed by atoms with Gasteiger partial charge in [-0.05, 0) is 49.6 Å². The lowest BCUT2D eigenvalue weighted by Gasteiger charge is -2.28. The maximum absolute atomic E-state index is 13.4. The van der Waals surface area contributed by atoms with Crippen LogP contribution in [0.5, 0.6) is 0 Å². The molecular formula is C29H30FN9O. The van der Waals surface area contributed by atoms with E-state index >= 15 is 0 Å². The van der Waals surface area contributed by atoms with Gasteiger partial charge in [0.2, 0.25) is 0 Å². The second-order valence-electron chi connectivity index (χ2n) is 10.3. The van der Waals surface area contributed by atoms with Gasteiger partial charge in [-0.15, -0.1) is 0 Å². The Balaban J connectivity index is 1.20. The van der Waals surface area contributed by atoms with Gasteiger partial charge in [0, 0.05) is 54.6 Å². The minimum atomic E-state index is -0.839. The Morgan fingerprint density at radius 3 is 2.50 bits per heavy atom. The standard InChI is InChI=1S/C29H30FN9O/c1-19(17-40)38-16-22(12-35-38)21-11-26-28(34-18-36-39(26)15-21)37-9-7-20(8-10-37)27-32-13-24(14-33-27)29(2,31)23-3-5-25(30)6-4-23/h3-7,11-16,18-19,40H,8-10,17,31H2,1-2H3/t19-,29?/m0/s1. The van der Waals surface area contributed by atoms with E-state index in [1.807, 2.05) is 30.8 Å². The monoisotopic (exact) mass is 539 g/mol. The van der Waals surface area contributed by atoms with E-state index in [0.717, 1.165) is 52.1 Å². The van der Waals surface area contributed by atoms with Crippen LogP contribution in [0.3, 0.4) is 0 Å². The lowest BCUT2D eigenvalue weighted by molar-refractivity contribution is 0.230. The lowest BCUT2D eigenvalue weighted by Crippen LogP contribution is -2.34. The molecule has 0 saturated carbocycles. The Bertz CT molecular complexity index is 1670. The number of benzene rings is 1. The summed E-state index contributed by atoms with van der Waals surface area (Å²) in [7, 11) is 0. The van der Waals surface area contributed by atoms with Crippen molar-refractivity contribution in [3.63, 3.8) is 0 Å². The third kappa shape index (κ3) is 4.74. The average Bonchev–Trinajstić information content (AvgIpc) is 3.65. The number of aromatic nitrogens is 7. The van der Waals surface area contributed by atoms with Crippen molar-refractivity contribution in [1.29, 1.82) is 0 Å². The van der Waals surface area contributed by atoms with E-state index in [2.05, 4.69) is 42.2 Å². The number of fused-ring (bicyclic) bond motifs is 1. The van der Waals surface area contributed by atoms with Crippen molar-refractivity contribution in [2.75, 3.05) is 24.6 Å². The maximum atomic E-state index is 13.4. The second-order valence-corrected chi connectivity index (χ2v) is 10.3. The first-order valence-electron chi connectivity index (χ1n) is 13.1. The van der Waals surface area contributed by atoms with Gasteiger partial charge >= 0.3 is 0 Å². The van der Waals surface area contributed by atoms with Crippen molar-refractivity contribution in [3.8, 4) is 11.1 Å². The number of hydrogen-bond acceptors (Lipinski definition) is 8. The van der Waals surface area contributed by atoms with Crippen molar-refractivity contribution < 1.29 is 9.50 Å². The van der Waals surface area contributed by atoms with Crippen molar-refractivity contribution in [3.05, 3.63) is 96.5 Å². The summed E-state index contributed by atoms with van der Waals surface area (Å²) in [5.74, 6) is 1.22. The fourth-order valence-electron chi connectivity index (χ4n) is 4.92. The Hall–Kier alpha value is -4.48. The smallest absolute Gasteiger partial charge is 0.156 e. The van der Waals surface area contributed by atoms with E-state index in [-0.39, 0.29) is 18.5 Å². The third-order valence-electron chi connectivity index (χ3n) is 7.53. The topological polar surface area (TPSA) is 123 Å². The van der Waals surface area contributed by atoms with E-state index < -0.39 is 5.54 Å². The predicted molar refractivity (Wildman–Crippen MR) is 150 cm³/mol. The Morgan fingerprint density at radius 2 is 1.80 bits per heavy atom. The summed E-state index contributed by atoms with van der Waals surface area (Å²) in [5, 5.41) is 18.2. The zero-order valence-corrected chi connectivity index (χ0v) is 22.3. The molecule has 1 aliphatic heterocycles. The highest BCUT2D eigenvalue weighted by Crippen LogP contribution is 2.30. The summed E-state index contributed by atoms with van der Waals surface area (Å²) < 4.78 is 16.9. The molecule has 0 bridgehead atoms. The number of rotatable bonds is 7. The number of aliphatic hydroxyl groups is 1. The van der Waals surface area contributed by atoms with Crippen molar-refractivity contribution in [1.82, 2.24) is 34.3 Å². The Kier molecular flexibility index (Phi) is 6.60. The van der Waals surface area contributed by atoms with Crippen LogP contribution in [0, 0.1) is 5.82 Å². The molecule has 0 saturated heterocycles. The van der Waals surface area contributed by atoms with Gasteiger partial charge in [-0.25, -0.2) is 23.9 Å². The average molecular weight is 540 g/mol. The van der Waals surface area contributed by atoms with Gasteiger partial charge in [0.1, 0.15) is 17.7 Å². The van der Waals surface area contributed by atoms with Crippen molar-refractivity contribution in [2.24, 2.45) is 5.73 Å². The van der Waals surface area contributed by atoms with Crippen molar-refractivity contribution >= 4 is 16.9 Å². The van der Waals surface area contributed by atoms with Gasteiger partial charge in [-0.1, -0.05) is 18.2 Å². The zero-order valence-electron chi connectivity index (χ0n) is 22.3. The Morgan fingerprint density at radius 1 is 1.02 bits per heavy atom. The molecule has 5 aromatic rings. The molecule has 4 aromatic heterocycles. The van der Waals surface area contributed by atoms with Crippen LogP contribution in [-0.4, -0.2) is 59.1 Å². The Labute approximate surface area is 230 Å². The molecule has 11 heteroatoms. The molecule has 204 valence electrons. The summed E-state index contributed by atoms with van der Waals surface area (Å²) >= 11 is 0. The fraction of sp³-hybridized carbons (Fsp3) is 0.276. The molecule has 0 aliphatic carbocycles. The highest BCUT2D eigenvalue weighted by Gasteiger charge is 2.26. The third-order valence-corrected chi connectivity index (χ3v) is 7.53. The summed E-state index contributed by atoms with van der Waals surface area (Å²) in [6, 6.07) is 8.15. The molecular weight excluding hydrogens is 509 g/mol. The summed E-state index contributed by atoms with van der Waals surface area (Å²) in [5.41, 5.74) is 11.2. The number of anilines is 1. The van der Waals surface area contributed by atoms with E-state index in [0.29, 0.717) is 12.4 Å². The molecule has 0 fully saturated rings. The second kappa shape index (κ2) is 10.2. The van der Waals surface area contributed by atoms with E-state index in [4.69, 9.17) is 5.73 Å². The molecule has 0 spiro atoms. The van der Waals surface area contributed by atoms with Gasteiger partial charge in [0.05, 0.1) is 24.4 Å². The molecule has 6 rings (SSSR count). The first kappa shape index (κ1) is 25.8. The zero-order chi connectivity index (χ0) is 27.9. The quantitative estimate of drug-likeness (QED) is 0.322. The van der Waals surface area contributed by atoms with Gasteiger partial charge in [-0.2, -0.15) is 10.2 Å². The van der Waals surface area contributed by atoms with Crippen LogP contribution in [-0.2, 0) is 5.54 Å². The van der Waals surface area contributed by atoms with Crippen LogP contribution >= 0.6 is 0 Å². The number of aliphatic hydroxyl groups excluding tert-OH is 1. The van der Waals surface area contributed by atoms with Gasteiger partial charge in [0.15, 0.2) is 11.6 Å². The molecule has 0 amide bonds. The SMILES string of the molecule is C[C@@H](CO)n1cc(-c2cc3c(N4CC=C(c5ncc(C(C)(N)c6ccc(F)cc6)cn5)CC4)ncnn3c2)cn1. The largest absolute Gasteiger partial charge is 0.394 e. The molecule has 3 N–H and O–H groups in total. The van der Waals surface area contributed by atoms with Crippen LogP contribution in [0.1, 0.15) is 43.3 Å². The highest BCUT2D eigenvalue weighted by molar-refractivity contribution is 5.78. The molecule has 0 radical (unpaired) electrons. The molecule has 40 heavy (non-hydrogen) atoms. The molecule has 10 nitrogen and oxygen atoms in total. The number of halogens is 1. The molecule has 1 aliphatic rings. The molecule has 1 unspecified atom stereocenters. The van der Waals surface area contributed by atoms with E-state index in [1.54, 1.807) is 41.7 Å². The van der Waals surface area contributed by atoms with Gasteiger partial charge in [-0.3, -0.25) is 4.68 Å². The number of hydrogen-bond donors (Lipinski definition) is 2. The van der Waals surface area contributed by atoms with Crippen LogP contribution in [0.15, 0.2) is 73.7 Å². The summed E-state index contributed by atoms with van der Waals surface area (Å²) in [6.07, 6.45) is 13.6. The normalized spacial score (nSPS) is 16.1. The molecule has 2 atom stereocenters. The van der Waals surface area contributed by atoms with Crippen LogP contribution in [0.2, 0.25) is 0 Å². The molecule has 1 aromatic carbocycles. The van der Waals surface area contributed by atoms with Crippen LogP contribution in [0.4, 0.5) is 10.2 Å². The van der Waals surface area contributed by atoms with Crippen molar-refractivity contribution in [2.45, 2.75) is 31.8 Å². The fourth-order valence-corrected chi connectivity index (χ4v) is 4.92. The maximum Gasteiger partial charge on any atom is 0.156 e. The lowest BCUT2D eigenvalue weighted by atomic mass is 9.87. The van der Waals surface area contributed by atoms with E-state index in [9.17, 15) is 9.50 Å². The first-order chi connectivity index (χ1) is 19.3. The first-order valence-corrected chi connectivity index (χ1v) is 13.1. The minimum Gasteiger partial charge on any atom is -0.394 e. The number of nitrogens with zero attached hydrogens (tertiary/aromatic N) is 8. The van der Waals surface area contributed by atoms with E-state index in [1.165, 1.54) is 12.1 Å². The predicted octanol–water partition coefficient (Wildman–Crippen LogP) is 3.59. The van der Waals surface area contributed by atoms with Crippen LogP contribution < -0.4 is 10.6 Å². The van der Waals surface area contributed by atoms with Crippen LogP contribution in [0.25, 0.3) is 22.2 Å². The number of nitrogens with two attached hydrogens (primary N) is 1. The highest BCUT2D eigenvalue weighted by atomic mass is 19.1. The summed E-state index contributed by atoms with van der Waals surface area (Å²) in [4.78, 5) is 16.0. The van der Waals surface area contributed by atoms with Gasteiger partial charge in [0.25, 0.3) is 0 Å². The molecule has 5 heterocycles.